The Morgan fingerprint density at radius 1 is 1.19 bits per heavy atom. The maximum Gasteiger partial charge on any atom is 0.241 e. The molecule has 2 fully saturated rings. The predicted octanol–water partition coefficient (Wildman–Crippen LogP) is 4.07. The van der Waals surface area contributed by atoms with Gasteiger partial charge in [0.05, 0.1) is 12.2 Å². The zero-order chi connectivity index (χ0) is 15.2. The molecule has 1 saturated carbocycles. The van der Waals surface area contributed by atoms with Crippen LogP contribution in [0.1, 0.15) is 85.0 Å². The molecule has 21 heavy (non-hydrogen) atoms. The lowest BCUT2D eigenvalue weighted by molar-refractivity contribution is -0.134. The Bertz CT molecular complexity index is 325. The third kappa shape index (κ3) is 3.80. The lowest BCUT2D eigenvalue weighted by atomic mass is 9.82. The summed E-state index contributed by atoms with van der Waals surface area (Å²) in [7, 11) is 0. The van der Waals surface area contributed by atoms with E-state index >= 15 is 0 Å². The van der Waals surface area contributed by atoms with Crippen molar-refractivity contribution >= 4 is 5.91 Å². The summed E-state index contributed by atoms with van der Waals surface area (Å²) in [6.07, 6.45) is 12.4. The van der Waals surface area contributed by atoms with Crippen molar-refractivity contribution in [2.24, 2.45) is 5.92 Å². The van der Waals surface area contributed by atoms with Crippen molar-refractivity contribution < 1.29 is 4.79 Å². The van der Waals surface area contributed by atoms with E-state index in [0.29, 0.717) is 11.9 Å². The molecule has 122 valence electrons. The molecular weight excluding hydrogens is 260 g/mol. The molecule has 3 unspecified atom stereocenters. The fourth-order valence-corrected chi connectivity index (χ4v) is 4.32. The molecule has 1 aliphatic heterocycles. The Labute approximate surface area is 130 Å². The molecule has 0 bridgehead atoms. The van der Waals surface area contributed by atoms with E-state index in [4.69, 9.17) is 0 Å². The Kier molecular flexibility index (Phi) is 6.53. The Morgan fingerprint density at radius 3 is 2.48 bits per heavy atom. The molecule has 0 radical (unpaired) electrons. The number of hydrogen-bond donors (Lipinski definition) is 1. The Balaban J connectivity index is 2.07. The maximum absolute atomic E-state index is 12.9. The normalized spacial score (nSPS) is 29.1. The second-order valence-electron chi connectivity index (χ2n) is 6.90. The number of hydrogen-bond acceptors (Lipinski definition) is 2. The van der Waals surface area contributed by atoms with Gasteiger partial charge < -0.3 is 4.90 Å². The van der Waals surface area contributed by atoms with Gasteiger partial charge >= 0.3 is 0 Å². The smallest absolute Gasteiger partial charge is 0.241 e. The van der Waals surface area contributed by atoms with Crippen LogP contribution in [0.25, 0.3) is 0 Å². The maximum atomic E-state index is 12.9. The number of unbranched alkanes of at least 4 members (excludes halogenated alkanes) is 1. The topological polar surface area (TPSA) is 32.3 Å². The van der Waals surface area contributed by atoms with Crippen LogP contribution < -0.4 is 5.32 Å². The van der Waals surface area contributed by atoms with Gasteiger partial charge in [-0.1, -0.05) is 52.9 Å². The molecule has 2 aliphatic rings. The first-order valence-electron chi connectivity index (χ1n) is 9.31. The van der Waals surface area contributed by atoms with Gasteiger partial charge in [-0.15, -0.1) is 0 Å². The lowest BCUT2D eigenvalue weighted by Crippen LogP contribution is -2.48. The SMILES string of the molecule is CCCCC1NC(CC)N(C(CC)C2CCCCC2)C1=O. The summed E-state index contributed by atoms with van der Waals surface area (Å²) >= 11 is 0. The summed E-state index contributed by atoms with van der Waals surface area (Å²) in [5.41, 5.74) is 0. The van der Waals surface area contributed by atoms with Gasteiger partial charge in [-0.05, 0) is 38.0 Å². The number of rotatable bonds is 7. The van der Waals surface area contributed by atoms with Crippen LogP contribution in [0.4, 0.5) is 0 Å². The van der Waals surface area contributed by atoms with Crippen LogP contribution in [-0.4, -0.2) is 29.1 Å². The van der Waals surface area contributed by atoms with Crippen molar-refractivity contribution in [1.82, 2.24) is 10.2 Å². The number of amides is 1. The Hall–Kier alpha value is -0.570. The summed E-state index contributed by atoms with van der Waals surface area (Å²) in [6.45, 7) is 6.66. The van der Waals surface area contributed by atoms with E-state index in [2.05, 4.69) is 31.0 Å². The molecule has 1 heterocycles. The third-order valence-electron chi connectivity index (χ3n) is 5.48. The predicted molar refractivity (Wildman–Crippen MR) is 88.0 cm³/mol. The summed E-state index contributed by atoms with van der Waals surface area (Å²) in [5, 5.41) is 3.61. The van der Waals surface area contributed by atoms with E-state index in [1.54, 1.807) is 0 Å². The van der Waals surface area contributed by atoms with E-state index in [1.807, 2.05) is 0 Å². The molecular formula is C18H34N2O. The van der Waals surface area contributed by atoms with Crippen molar-refractivity contribution in [2.75, 3.05) is 0 Å². The zero-order valence-electron chi connectivity index (χ0n) is 14.2. The second kappa shape index (κ2) is 8.17. The molecule has 0 aromatic heterocycles. The molecule has 0 spiro atoms. The van der Waals surface area contributed by atoms with Crippen LogP contribution in [0.2, 0.25) is 0 Å². The highest BCUT2D eigenvalue weighted by atomic mass is 16.2. The van der Waals surface area contributed by atoms with Crippen molar-refractivity contribution in [3.63, 3.8) is 0 Å². The van der Waals surface area contributed by atoms with Gasteiger partial charge in [0, 0.05) is 6.04 Å². The van der Waals surface area contributed by atoms with E-state index in [0.717, 1.165) is 31.6 Å². The van der Waals surface area contributed by atoms with Crippen molar-refractivity contribution in [2.45, 2.75) is 103 Å². The van der Waals surface area contributed by atoms with Crippen LogP contribution in [-0.2, 0) is 4.79 Å². The lowest BCUT2D eigenvalue weighted by Gasteiger charge is -2.39. The second-order valence-corrected chi connectivity index (χ2v) is 6.90. The monoisotopic (exact) mass is 294 g/mol. The summed E-state index contributed by atoms with van der Waals surface area (Å²) in [6, 6.07) is 0.536. The van der Waals surface area contributed by atoms with Gasteiger partial charge in [-0.25, -0.2) is 0 Å². The number of nitrogens with zero attached hydrogens (tertiary/aromatic N) is 1. The summed E-state index contributed by atoms with van der Waals surface area (Å²) in [4.78, 5) is 15.1. The first-order chi connectivity index (χ1) is 10.2. The molecule has 1 saturated heterocycles. The fraction of sp³-hybridized carbons (Fsp3) is 0.944. The van der Waals surface area contributed by atoms with Crippen LogP contribution in [0.5, 0.6) is 0 Å². The van der Waals surface area contributed by atoms with Crippen LogP contribution >= 0.6 is 0 Å². The van der Waals surface area contributed by atoms with Crippen molar-refractivity contribution in [1.29, 1.82) is 0 Å². The molecule has 3 heteroatoms. The quantitative estimate of drug-likeness (QED) is 0.767. The number of carbonyl (C=O) groups excluding carboxylic acids is 1. The molecule has 0 aromatic carbocycles. The molecule has 0 aromatic rings. The third-order valence-corrected chi connectivity index (χ3v) is 5.48. The molecule has 3 nitrogen and oxygen atoms in total. The van der Waals surface area contributed by atoms with Crippen LogP contribution in [0.3, 0.4) is 0 Å². The highest BCUT2D eigenvalue weighted by Crippen LogP contribution is 2.33. The van der Waals surface area contributed by atoms with E-state index in [9.17, 15) is 4.79 Å². The first-order valence-corrected chi connectivity index (χ1v) is 9.31. The van der Waals surface area contributed by atoms with Crippen molar-refractivity contribution in [3.8, 4) is 0 Å². The average Bonchev–Trinajstić information content (AvgIpc) is 2.84. The number of nitrogens with one attached hydrogen (secondary N) is 1. The molecule has 1 amide bonds. The minimum atomic E-state index is 0.0764. The fourth-order valence-electron chi connectivity index (χ4n) is 4.32. The van der Waals surface area contributed by atoms with Crippen molar-refractivity contribution in [3.05, 3.63) is 0 Å². The summed E-state index contributed by atoms with van der Waals surface area (Å²) in [5.74, 6) is 1.11. The minimum absolute atomic E-state index is 0.0764. The summed E-state index contributed by atoms with van der Waals surface area (Å²) < 4.78 is 0. The van der Waals surface area contributed by atoms with Gasteiger partial charge in [0.2, 0.25) is 5.91 Å². The minimum Gasteiger partial charge on any atom is -0.323 e. The van der Waals surface area contributed by atoms with Gasteiger partial charge in [0.15, 0.2) is 0 Å². The van der Waals surface area contributed by atoms with Crippen LogP contribution in [0, 0.1) is 5.92 Å². The van der Waals surface area contributed by atoms with Crippen LogP contribution in [0.15, 0.2) is 0 Å². The van der Waals surface area contributed by atoms with E-state index < -0.39 is 0 Å². The van der Waals surface area contributed by atoms with Gasteiger partial charge in [0.25, 0.3) is 0 Å². The highest BCUT2D eigenvalue weighted by molar-refractivity contribution is 5.84. The molecule has 1 aliphatic carbocycles. The van der Waals surface area contributed by atoms with Gasteiger partial charge in [-0.3, -0.25) is 10.1 Å². The zero-order valence-corrected chi connectivity index (χ0v) is 14.2. The molecule has 2 rings (SSSR count). The first kappa shape index (κ1) is 16.8. The molecule has 3 atom stereocenters. The largest absolute Gasteiger partial charge is 0.323 e. The Morgan fingerprint density at radius 2 is 1.90 bits per heavy atom. The average molecular weight is 294 g/mol. The van der Waals surface area contributed by atoms with E-state index in [-0.39, 0.29) is 12.2 Å². The highest BCUT2D eigenvalue weighted by Gasteiger charge is 2.42. The number of carbonyl (C=O) groups is 1. The van der Waals surface area contributed by atoms with E-state index in [1.165, 1.54) is 38.5 Å². The van der Waals surface area contributed by atoms with Gasteiger partial charge in [0.1, 0.15) is 0 Å². The molecule has 1 N–H and O–H groups in total. The standard InChI is InChI=1S/C18H34N2O/c1-4-7-13-15-18(21)20(17(6-3)19-15)16(5-2)14-11-9-8-10-12-14/h14-17,19H,4-13H2,1-3H3. The van der Waals surface area contributed by atoms with Gasteiger partial charge in [-0.2, -0.15) is 0 Å².